The molecule has 1 saturated carbocycles. The zero-order chi connectivity index (χ0) is 22.4. The zero-order valence-electron chi connectivity index (χ0n) is 17.9. The summed E-state index contributed by atoms with van der Waals surface area (Å²) in [5.41, 5.74) is 1.64. The molecule has 5 unspecified atom stereocenters. The molecule has 0 bridgehead atoms. The number of methoxy groups -OCH3 is 1. The maximum atomic E-state index is 13.7. The number of esters is 1. The van der Waals surface area contributed by atoms with Gasteiger partial charge in [-0.05, 0) is 49.8 Å². The molecule has 1 aromatic rings. The van der Waals surface area contributed by atoms with Crippen LogP contribution in [-0.2, 0) is 23.8 Å². The van der Waals surface area contributed by atoms with Crippen LogP contribution >= 0.6 is 15.9 Å². The van der Waals surface area contributed by atoms with Crippen LogP contribution in [0.1, 0.15) is 54.1 Å². The average Bonchev–Trinajstić information content (AvgIpc) is 3.41. The van der Waals surface area contributed by atoms with Gasteiger partial charge < -0.3 is 19.1 Å². The summed E-state index contributed by atoms with van der Waals surface area (Å²) in [6.45, 7) is 1.09. The normalized spacial score (nSPS) is 31.9. The van der Waals surface area contributed by atoms with Gasteiger partial charge in [-0.2, -0.15) is 0 Å². The Labute approximate surface area is 195 Å². The monoisotopic (exact) mass is 503 g/mol. The van der Waals surface area contributed by atoms with Crippen molar-refractivity contribution in [3.63, 3.8) is 0 Å². The summed E-state index contributed by atoms with van der Waals surface area (Å²) in [4.78, 5) is 41.0. The molecule has 0 spiro atoms. The van der Waals surface area contributed by atoms with Crippen molar-refractivity contribution in [2.45, 2.75) is 55.2 Å². The van der Waals surface area contributed by atoms with Crippen molar-refractivity contribution in [1.82, 2.24) is 4.90 Å². The van der Waals surface area contributed by atoms with Crippen molar-refractivity contribution < 1.29 is 28.6 Å². The number of amides is 1. The number of hydrogen-bond donors (Lipinski definition) is 0. The summed E-state index contributed by atoms with van der Waals surface area (Å²) in [6, 6.07) is 6.37. The van der Waals surface area contributed by atoms with Gasteiger partial charge in [-0.1, -0.05) is 28.1 Å². The van der Waals surface area contributed by atoms with Crippen LogP contribution in [0.4, 0.5) is 0 Å². The van der Waals surface area contributed by atoms with E-state index in [-0.39, 0.29) is 40.4 Å². The van der Waals surface area contributed by atoms with Gasteiger partial charge in [0, 0.05) is 18.0 Å². The molecule has 32 heavy (non-hydrogen) atoms. The summed E-state index contributed by atoms with van der Waals surface area (Å²) in [5, 5.41) is 0. The zero-order valence-corrected chi connectivity index (χ0v) is 19.5. The number of alkyl halides is 1. The van der Waals surface area contributed by atoms with Gasteiger partial charge >= 0.3 is 5.97 Å². The number of hydrogen-bond acceptors (Lipinski definition) is 6. The van der Waals surface area contributed by atoms with Crippen LogP contribution in [0.3, 0.4) is 0 Å². The molecular formula is C24H26BrNO6. The summed E-state index contributed by atoms with van der Waals surface area (Å²) < 4.78 is 16.8. The number of carbonyl (C=O) groups excluding carboxylic acids is 3. The third kappa shape index (κ3) is 3.67. The van der Waals surface area contributed by atoms with Crippen LogP contribution in [0, 0.1) is 5.92 Å². The average molecular weight is 504 g/mol. The van der Waals surface area contributed by atoms with E-state index in [4.69, 9.17) is 14.2 Å². The van der Waals surface area contributed by atoms with Gasteiger partial charge in [-0.25, -0.2) is 4.79 Å². The summed E-state index contributed by atoms with van der Waals surface area (Å²) in [7, 11) is 1.34. The second-order valence-electron chi connectivity index (χ2n) is 8.89. The van der Waals surface area contributed by atoms with Gasteiger partial charge in [-0.3, -0.25) is 9.59 Å². The minimum atomic E-state index is -0.544. The highest BCUT2D eigenvalue weighted by molar-refractivity contribution is 9.09. The maximum Gasteiger partial charge on any atom is 0.337 e. The molecule has 0 radical (unpaired) electrons. The molecule has 1 amide bonds. The first-order chi connectivity index (χ1) is 15.5. The first kappa shape index (κ1) is 21.6. The van der Waals surface area contributed by atoms with E-state index in [1.807, 2.05) is 0 Å². The van der Waals surface area contributed by atoms with Gasteiger partial charge in [0.05, 0.1) is 36.3 Å². The van der Waals surface area contributed by atoms with Gasteiger partial charge in [0.15, 0.2) is 11.5 Å². The number of halogens is 1. The largest absolute Gasteiger partial charge is 0.483 e. The number of nitrogens with zero attached hydrogens (tertiary/aromatic N) is 1. The molecule has 0 N–H and O–H groups in total. The molecule has 4 aliphatic rings. The standard InChI is InChI=1S/C24H26BrNO6/c1-30-24(29)14-6-4-13(5-7-14)20-19-21(27)17-11-15(25)8-9-18(17)32-22(19)23(28)26(20)12-16-3-2-10-31-16/h4-7,15-18,20H,2-3,8-12H2,1H3. The van der Waals surface area contributed by atoms with Crippen LogP contribution < -0.4 is 0 Å². The summed E-state index contributed by atoms with van der Waals surface area (Å²) in [6.07, 6.45) is 3.92. The van der Waals surface area contributed by atoms with Gasteiger partial charge in [0.1, 0.15) is 6.10 Å². The van der Waals surface area contributed by atoms with Crippen LogP contribution in [0.15, 0.2) is 35.6 Å². The van der Waals surface area contributed by atoms with Crippen molar-refractivity contribution in [1.29, 1.82) is 0 Å². The Bertz CT molecular complexity index is 967. The fourth-order valence-corrected chi connectivity index (χ4v) is 5.99. The molecule has 3 aliphatic heterocycles. The number of carbonyl (C=O) groups is 3. The maximum absolute atomic E-state index is 13.7. The molecule has 0 aromatic heterocycles. The van der Waals surface area contributed by atoms with Crippen LogP contribution in [0.2, 0.25) is 0 Å². The molecular weight excluding hydrogens is 478 g/mol. The Hall–Kier alpha value is -2.19. The molecule has 2 fully saturated rings. The van der Waals surface area contributed by atoms with Crippen molar-refractivity contribution in [2.75, 3.05) is 20.3 Å². The lowest BCUT2D eigenvalue weighted by Crippen LogP contribution is -2.41. The molecule has 1 saturated heterocycles. The van der Waals surface area contributed by atoms with Crippen molar-refractivity contribution in [3.05, 3.63) is 46.7 Å². The van der Waals surface area contributed by atoms with Crippen LogP contribution in [0.5, 0.6) is 0 Å². The second kappa shape index (κ2) is 8.63. The molecule has 3 heterocycles. The summed E-state index contributed by atoms with van der Waals surface area (Å²) >= 11 is 3.66. The highest BCUT2D eigenvalue weighted by Crippen LogP contribution is 2.47. The minimum Gasteiger partial charge on any atom is -0.483 e. The topological polar surface area (TPSA) is 82.1 Å². The molecule has 5 rings (SSSR count). The molecule has 8 heteroatoms. The Balaban J connectivity index is 1.53. The smallest absolute Gasteiger partial charge is 0.337 e. The van der Waals surface area contributed by atoms with Crippen LogP contribution in [0.25, 0.3) is 0 Å². The number of ketones is 1. The Morgan fingerprint density at radius 3 is 2.66 bits per heavy atom. The lowest BCUT2D eigenvalue weighted by Gasteiger charge is -2.37. The lowest BCUT2D eigenvalue weighted by atomic mass is 9.77. The van der Waals surface area contributed by atoms with E-state index in [9.17, 15) is 14.4 Å². The van der Waals surface area contributed by atoms with Gasteiger partial charge in [0.25, 0.3) is 5.91 Å². The Morgan fingerprint density at radius 2 is 1.97 bits per heavy atom. The van der Waals surface area contributed by atoms with Crippen molar-refractivity contribution >= 4 is 33.6 Å². The molecule has 7 nitrogen and oxygen atoms in total. The van der Waals surface area contributed by atoms with Crippen molar-refractivity contribution in [2.24, 2.45) is 5.92 Å². The predicted octanol–water partition coefficient (Wildman–Crippen LogP) is 3.32. The fourth-order valence-electron chi connectivity index (χ4n) is 5.32. The lowest BCUT2D eigenvalue weighted by molar-refractivity contribution is -0.136. The van der Waals surface area contributed by atoms with E-state index >= 15 is 0 Å². The Morgan fingerprint density at radius 1 is 1.19 bits per heavy atom. The highest BCUT2D eigenvalue weighted by Gasteiger charge is 2.53. The van der Waals surface area contributed by atoms with E-state index in [0.29, 0.717) is 30.7 Å². The molecule has 1 aromatic carbocycles. The molecule has 170 valence electrons. The highest BCUT2D eigenvalue weighted by atomic mass is 79.9. The molecule has 1 aliphatic carbocycles. The fraction of sp³-hybridized carbons (Fsp3) is 0.542. The van der Waals surface area contributed by atoms with E-state index in [2.05, 4.69) is 15.9 Å². The third-order valence-electron chi connectivity index (χ3n) is 6.95. The first-order valence-corrected chi connectivity index (χ1v) is 12.1. The summed E-state index contributed by atoms with van der Waals surface area (Å²) in [5.74, 6) is -0.722. The SMILES string of the molecule is COC(=O)c1ccc(C2C3=C(OC4CCC(Br)CC4C3=O)C(=O)N2CC2CCCO2)cc1. The number of benzene rings is 1. The quantitative estimate of drug-likeness (QED) is 0.463. The number of fused-ring (bicyclic) bond motifs is 1. The predicted molar refractivity (Wildman–Crippen MR) is 118 cm³/mol. The van der Waals surface area contributed by atoms with E-state index in [1.54, 1.807) is 29.2 Å². The minimum absolute atomic E-state index is 0.00522. The van der Waals surface area contributed by atoms with Crippen LogP contribution in [-0.4, -0.2) is 59.9 Å². The van der Waals surface area contributed by atoms with E-state index in [0.717, 1.165) is 31.2 Å². The van der Waals surface area contributed by atoms with E-state index in [1.165, 1.54) is 7.11 Å². The number of ether oxygens (including phenoxy) is 3. The Kier molecular flexibility index (Phi) is 5.84. The number of rotatable bonds is 4. The number of Topliss-reactive ketones (excluding diaryl/α,β-unsaturated/α-hetero) is 1. The van der Waals surface area contributed by atoms with E-state index < -0.39 is 12.0 Å². The van der Waals surface area contributed by atoms with Gasteiger partial charge in [-0.15, -0.1) is 0 Å². The third-order valence-corrected chi connectivity index (χ3v) is 7.78. The molecule has 5 atom stereocenters. The second-order valence-corrected chi connectivity index (χ2v) is 10.2. The van der Waals surface area contributed by atoms with Gasteiger partial charge in [0.2, 0.25) is 0 Å². The first-order valence-electron chi connectivity index (χ1n) is 11.2. The van der Waals surface area contributed by atoms with Crippen molar-refractivity contribution in [3.8, 4) is 0 Å².